The Morgan fingerprint density at radius 3 is 2.71 bits per heavy atom. The first-order valence-corrected chi connectivity index (χ1v) is 5.08. The third kappa shape index (κ3) is 3.20. The van der Waals surface area contributed by atoms with Gasteiger partial charge in [-0.1, -0.05) is 26.7 Å². The maximum atomic E-state index is 5.47. The van der Waals surface area contributed by atoms with Gasteiger partial charge in [0.2, 0.25) is 5.95 Å². The number of rotatable bonds is 5. The minimum Gasteiger partial charge on any atom is -0.370 e. The van der Waals surface area contributed by atoms with E-state index in [4.69, 9.17) is 5.73 Å². The smallest absolute Gasteiger partial charge is 0.221 e. The van der Waals surface area contributed by atoms with Gasteiger partial charge in [-0.15, -0.1) is 0 Å². The van der Waals surface area contributed by atoms with Crippen molar-refractivity contribution in [3.8, 4) is 0 Å². The van der Waals surface area contributed by atoms with Crippen molar-refractivity contribution in [1.82, 2.24) is 9.97 Å². The zero-order valence-electron chi connectivity index (χ0n) is 8.83. The van der Waals surface area contributed by atoms with Crippen LogP contribution in [0.1, 0.15) is 26.7 Å². The molecule has 0 amide bonds. The average molecular weight is 194 g/mol. The largest absolute Gasteiger partial charge is 0.370 e. The first-order valence-electron chi connectivity index (χ1n) is 5.08. The highest BCUT2D eigenvalue weighted by atomic mass is 15.1. The number of nitrogen functional groups attached to an aromatic ring is 1. The van der Waals surface area contributed by atoms with E-state index in [1.807, 2.05) is 6.07 Å². The fourth-order valence-electron chi connectivity index (χ4n) is 1.30. The fraction of sp³-hybridized carbons (Fsp3) is 0.600. The lowest BCUT2D eigenvalue weighted by Gasteiger charge is -2.13. The Bertz CT molecular complexity index is 271. The van der Waals surface area contributed by atoms with Crippen LogP contribution in [-0.4, -0.2) is 16.5 Å². The van der Waals surface area contributed by atoms with Crippen molar-refractivity contribution in [3.05, 3.63) is 12.3 Å². The lowest BCUT2D eigenvalue weighted by Crippen LogP contribution is -2.14. The van der Waals surface area contributed by atoms with Crippen molar-refractivity contribution < 1.29 is 0 Å². The van der Waals surface area contributed by atoms with Gasteiger partial charge in [0.1, 0.15) is 5.82 Å². The Labute approximate surface area is 85.0 Å². The van der Waals surface area contributed by atoms with E-state index >= 15 is 0 Å². The molecule has 0 aliphatic rings. The van der Waals surface area contributed by atoms with E-state index in [1.54, 1.807) is 6.20 Å². The Hall–Kier alpha value is -1.32. The first-order chi connectivity index (χ1) is 6.76. The highest BCUT2D eigenvalue weighted by Gasteiger charge is 2.03. The molecule has 1 heterocycles. The van der Waals surface area contributed by atoms with Gasteiger partial charge in [0, 0.05) is 12.7 Å². The summed E-state index contributed by atoms with van der Waals surface area (Å²) in [6, 6.07) is 1.83. The quantitative estimate of drug-likeness (QED) is 0.751. The Morgan fingerprint density at radius 1 is 1.43 bits per heavy atom. The number of anilines is 2. The van der Waals surface area contributed by atoms with Gasteiger partial charge in [-0.25, -0.2) is 4.98 Å². The molecule has 78 valence electrons. The molecular formula is C10H18N4. The third-order valence-corrected chi connectivity index (χ3v) is 2.40. The van der Waals surface area contributed by atoms with Crippen LogP contribution in [0.3, 0.4) is 0 Å². The Kier molecular flexibility index (Phi) is 4.16. The normalized spacial score (nSPS) is 10.5. The van der Waals surface area contributed by atoms with E-state index in [2.05, 4.69) is 29.1 Å². The summed E-state index contributed by atoms with van der Waals surface area (Å²) in [5.41, 5.74) is 5.47. The predicted octanol–water partition coefficient (Wildman–Crippen LogP) is 1.91. The van der Waals surface area contributed by atoms with Crippen LogP contribution in [0.2, 0.25) is 0 Å². The molecule has 0 saturated carbocycles. The Balaban J connectivity index is 2.44. The summed E-state index contributed by atoms with van der Waals surface area (Å²) in [6.07, 6.45) is 4.03. The first kappa shape index (κ1) is 10.8. The Morgan fingerprint density at radius 2 is 2.14 bits per heavy atom. The fourth-order valence-corrected chi connectivity index (χ4v) is 1.30. The summed E-state index contributed by atoms with van der Waals surface area (Å²) in [4.78, 5) is 7.90. The molecule has 0 radical (unpaired) electrons. The molecule has 0 spiro atoms. The van der Waals surface area contributed by atoms with E-state index in [0.29, 0.717) is 11.9 Å². The lowest BCUT2D eigenvalue weighted by atomic mass is 10.0. The molecule has 0 fully saturated rings. The van der Waals surface area contributed by atoms with E-state index in [0.717, 1.165) is 12.4 Å². The standard InChI is InChI=1S/C10H18N4/c1-3-8(4-2)7-13-9-5-6-12-10(11)14-9/h5-6,8H,3-4,7H2,1-2H3,(H3,11,12,13,14). The van der Waals surface area contributed by atoms with Crippen LogP contribution in [0.5, 0.6) is 0 Å². The third-order valence-electron chi connectivity index (χ3n) is 2.40. The van der Waals surface area contributed by atoms with Crippen LogP contribution in [0.4, 0.5) is 11.8 Å². The second-order valence-corrected chi connectivity index (χ2v) is 3.36. The summed E-state index contributed by atoms with van der Waals surface area (Å²) in [5.74, 6) is 1.83. The van der Waals surface area contributed by atoms with Crippen molar-refractivity contribution in [2.24, 2.45) is 5.92 Å². The lowest BCUT2D eigenvalue weighted by molar-refractivity contribution is 0.518. The van der Waals surface area contributed by atoms with Crippen LogP contribution < -0.4 is 11.1 Å². The van der Waals surface area contributed by atoms with Gasteiger partial charge < -0.3 is 11.1 Å². The highest BCUT2D eigenvalue weighted by molar-refractivity contribution is 5.37. The highest BCUT2D eigenvalue weighted by Crippen LogP contribution is 2.09. The molecule has 1 rings (SSSR count). The van der Waals surface area contributed by atoms with Crippen molar-refractivity contribution in [2.45, 2.75) is 26.7 Å². The molecule has 0 atom stereocenters. The maximum Gasteiger partial charge on any atom is 0.221 e. The van der Waals surface area contributed by atoms with Crippen molar-refractivity contribution in [3.63, 3.8) is 0 Å². The summed E-state index contributed by atoms with van der Waals surface area (Å²) >= 11 is 0. The maximum absolute atomic E-state index is 5.47. The van der Waals surface area contributed by atoms with Crippen LogP contribution in [-0.2, 0) is 0 Å². The van der Waals surface area contributed by atoms with Gasteiger partial charge in [0.15, 0.2) is 0 Å². The molecule has 14 heavy (non-hydrogen) atoms. The van der Waals surface area contributed by atoms with Gasteiger partial charge >= 0.3 is 0 Å². The molecule has 0 saturated heterocycles. The number of hydrogen-bond acceptors (Lipinski definition) is 4. The second-order valence-electron chi connectivity index (χ2n) is 3.36. The van der Waals surface area contributed by atoms with E-state index < -0.39 is 0 Å². The molecule has 1 aromatic rings. The van der Waals surface area contributed by atoms with Crippen LogP contribution in [0.25, 0.3) is 0 Å². The topological polar surface area (TPSA) is 63.8 Å². The molecule has 4 heteroatoms. The van der Waals surface area contributed by atoms with Crippen molar-refractivity contribution in [2.75, 3.05) is 17.6 Å². The molecule has 4 nitrogen and oxygen atoms in total. The number of nitrogens with zero attached hydrogens (tertiary/aromatic N) is 2. The molecule has 0 aromatic carbocycles. The second kappa shape index (κ2) is 5.42. The van der Waals surface area contributed by atoms with E-state index in [1.165, 1.54) is 12.8 Å². The zero-order valence-corrected chi connectivity index (χ0v) is 8.83. The molecule has 1 aromatic heterocycles. The molecule has 0 bridgehead atoms. The molecular weight excluding hydrogens is 176 g/mol. The van der Waals surface area contributed by atoms with Crippen LogP contribution in [0.15, 0.2) is 12.3 Å². The van der Waals surface area contributed by atoms with E-state index in [-0.39, 0.29) is 0 Å². The SMILES string of the molecule is CCC(CC)CNc1ccnc(N)n1. The monoisotopic (exact) mass is 194 g/mol. The minimum absolute atomic E-state index is 0.319. The van der Waals surface area contributed by atoms with Gasteiger partial charge in [0.25, 0.3) is 0 Å². The van der Waals surface area contributed by atoms with Crippen molar-refractivity contribution in [1.29, 1.82) is 0 Å². The zero-order chi connectivity index (χ0) is 10.4. The summed E-state index contributed by atoms with van der Waals surface area (Å²) < 4.78 is 0. The molecule has 0 aliphatic carbocycles. The van der Waals surface area contributed by atoms with Crippen molar-refractivity contribution >= 4 is 11.8 Å². The predicted molar refractivity (Wildman–Crippen MR) is 59.0 cm³/mol. The van der Waals surface area contributed by atoms with Gasteiger partial charge in [-0.2, -0.15) is 4.98 Å². The summed E-state index contributed by atoms with van der Waals surface area (Å²) in [5, 5.41) is 3.26. The molecule has 0 unspecified atom stereocenters. The molecule has 3 N–H and O–H groups in total. The van der Waals surface area contributed by atoms with E-state index in [9.17, 15) is 0 Å². The van der Waals surface area contributed by atoms with Gasteiger partial charge in [-0.05, 0) is 12.0 Å². The molecule has 0 aliphatic heterocycles. The average Bonchev–Trinajstić information content (AvgIpc) is 2.19. The number of nitrogens with one attached hydrogen (secondary N) is 1. The number of aromatic nitrogens is 2. The summed E-state index contributed by atoms with van der Waals surface area (Å²) in [7, 11) is 0. The van der Waals surface area contributed by atoms with Gasteiger partial charge in [0.05, 0.1) is 0 Å². The minimum atomic E-state index is 0.319. The number of hydrogen-bond donors (Lipinski definition) is 2. The van der Waals surface area contributed by atoms with Crippen LogP contribution >= 0.6 is 0 Å². The van der Waals surface area contributed by atoms with Crippen LogP contribution in [0, 0.1) is 5.92 Å². The van der Waals surface area contributed by atoms with Gasteiger partial charge in [-0.3, -0.25) is 0 Å². The summed E-state index contributed by atoms with van der Waals surface area (Å²) in [6.45, 7) is 5.35. The number of nitrogens with two attached hydrogens (primary N) is 1.